The molecule has 0 aliphatic heterocycles. The molecule has 1 aromatic carbocycles. The molecule has 1 aliphatic carbocycles. The number of rotatable bonds is 7. The van der Waals surface area contributed by atoms with Gasteiger partial charge in [0, 0.05) is 24.2 Å². The third-order valence-corrected chi connectivity index (χ3v) is 3.71. The molecule has 0 saturated heterocycles. The maximum absolute atomic E-state index is 11.5. The van der Waals surface area contributed by atoms with E-state index in [9.17, 15) is 4.79 Å². The van der Waals surface area contributed by atoms with E-state index in [0.717, 1.165) is 24.2 Å². The second kappa shape index (κ2) is 7.27. The average molecular weight is 328 g/mol. The van der Waals surface area contributed by atoms with Gasteiger partial charge < -0.3 is 20.5 Å². The lowest BCUT2D eigenvalue weighted by Crippen LogP contribution is -2.10. The number of ether oxygens (including phenoxy) is 1. The Morgan fingerprint density at radius 2 is 2.04 bits per heavy atom. The van der Waals surface area contributed by atoms with Crippen molar-refractivity contribution in [3.8, 4) is 0 Å². The molecular formula is C17H20N4O3. The summed E-state index contributed by atoms with van der Waals surface area (Å²) >= 11 is 0. The summed E-state index contributed by atoms with van der Waals surface area (Å²) in [6.07, 6.45) is 2.29. The molecule has 0 bridgehead atoms. The lowest BCUT2D eigenvalue weighted by Gasteiger charge is -2.11. The fraction of sp³-hybridized carbons (Fsp3) is 0.353. The number of aliphatic hydroxyl groups excluding tert-OH is 1. The SMILES string of the molecule is COC(=O)c1ccc(Nc2cc(C3CC3)nc(NCCO)n2)cc1. The fourth-order valence-electron chi connectivity index (χ4n) is 2.32. The molecule has 1 fully saturated rings. The van der Waals surface area contributed by atoms with Crippen LogP contribution in [0.15, 0.2) is 30.3 Å². The number of carbonyl (C=O) groups is 1. The van der Waals surface area contributed by atoms with Gasteiger partial charge in [0.1, 0.15) is 5.82 Å². The zero-order valence-corrected chi connectivity index (χ0v) is 13.5. The lowest BCUT2D eigenvalue weighted by molar-refractivity contribution is 0.0601. The van der Waals surface area contributed by atoms with Crippen molar-refractivity contribution in [1.82, 2.24) is 9.97 Å². The van der Waals surface area contributed by atoms with E-state index in [2.05, 4.69) is 25.3 Å². The molecule has 1 heterocycles. The zero-order chi connectivity index (χ0) is 16.9. The summed E-state index contributed by atoms with van der Waals surface area (Å²) in [7, 11) is 1.36. The number of hydrogen-bond donors (Lipinski definition) is 3. The Kier molecular flexibility index (Phi) is 4.90. The molecule has 3 N–H and O–H groups in total. The first-order chi connectivity index (χ1) is 11.7. The molecule has 24 heavy (non-hydrogen) atoms. The summed E-state index contributed by atoms with van der Waals surface area (Å²) in [5, 5.41) is 15.2. The Balaban J connectivity index is 1.78. The van der Waals surface area contributed by atoms with Gasteiger partial charge in [-0.05, 0) is 37.1 Å². The number of aliphatic hydroxyl groups is 1. The fourth-order valence-corrected chi connectivity index (χ4v) is 2.32. The predicted molar refractivity (Wildman–Crippen MR) is 90.6 cm³/mol. The van der Waals surface area contributed by atoms with E-state index < -0.39 is 0 Å². The maximum Gasteiger partial charge on any atom is 0.337 e. The second-order valence-electron chi connectivity index (χ2n) is 5.62. The Morgan fingerprint density at radius 1 is 1.29 bits per heavy atom. The van der Waals surface area contributed by atoms with Crippen molar-refractivity contribution >= 4 is 23.4 Å². The summed E-state index contributed by atoms with van der Waals surface area (Å²) in [5.41, 5.74) is 2.31. The van der Waals surface area contributed by atoms with Crippen molar-refractivity contribution in [3.05, 3.63) is 41.6 Å². The Labute approximate surface area is 140 Å². The second-order valence-corrected chi connectivity index (χ2v) is 5.62. The first kappa shape index (κ1) is 16.2. The van der Waals surface area contributed by atoms with Gasteiger partial charge in [-0.25, -0.2) is 9.78 Å². The van der Waals surface area contributed by atoms with Gasteiger partial charge in [-0.1, -0.05) is 0 Å². The predicted octanol–water partition coefficient (Wildman–Crippen LogP) is 2.29. The van der Waals surface area contributed by atoms with Gasteiger partial charge >= 0.3 is 5.97 Å². The molecule has 126 valence electrons. The maximum atomic E-state index is 11.5. The normalized spacial score (nSPS) is 13.4. The van der Waals surface area contributed by atoms with E-state index in [1.165, 1.54) is 7.11 Å². The van der Waals surface area contributed by atoms with Crippen molar-refractivity contribution in [2.75, 3.05) is 30.9 Å². The van der Waals surface area contributed by atoms with E-state index in [1.807, 2.05) is 6.07 Å². The van der Waals surface area contributed by atoms with Gasteiger partial charge in [-0.2, -0.15) is 4.98 Å². The van der Waals surface area contributed by atoms with E-state index in [-0.39, 0.29) is 12.6 Å². The molecule has 2 aromatic rings. The van der Waals surface area contributed by atoms with Crippen LogP contribution in [0.4, 0.5) is 17.5 Å². The van der Waals surface area contributed by atoms with Crippen molar-refractivity contribution in [2.24, 2.45) is 0 Å². The average Bonchev–Trinajstić information content (AvgIpc) is 3.45. The zero-order valence-electron chi connectivity index (χ0n) is 13.5. The summed E-state index contributed by atoms with van der Waals surface area (Å²) in [6, 6.07) is 8.93. The van der Waals surface area contributed by atoms with Crippen molar-refractivity contribution in [1.29, 1.82) is 0 Å². The number of benzene rings is 1. The van der Waals surface area contributed by atoms with Gasteiger partial charge in [0.25, 0.3) is 0 Å². The minimum atomic E-state index is -0.366. The molecule has 0 radical (unpaired) electrons. The van der Waals surface area contributed by atoms with Crippen LogP contribution in [0.25, 0.3) is 0 Å². The topological polar surface area (TPSA) is 96.4 Å². The molecular weight excluding hydrogens is 308 g/mol. The van der Waals surface area contributed by atoms with Gasteiger partial charge in [0.15, 0.2) is 0 Å². The monoisotopic (exact) mass is 328 g/mol. The van der Waals surface area contributed by atoms with Crippen LogP contribution in [0, 0.1) is 0 Å². The first-order valence-electron chi connectivity index (χ1n) is 7.88. The lowest BCUT2D eigenvalue weighted by atomic mass is 10.2. The smallest absolute Gasteiger partial charge is 0.337 e. The van der Waals surface area contributed by atoms with Crippen molar-refractivity contribution < 1.29 is 14.6 Å². The number of anilines is 3. The molecule has 1 aromatic heterocycles. The summed E-state index contributed by atoms with van der Waals surface area (Å²) < 4.78 is 4.69. The molecule has 0 unspecified atom stereocenters. The van der Waals surface area contributed by atoms with E-state index >= 15 is 0 Å². The number of nitrogens with one attached hydrogen (secondary N) is 2. The van der Waals surface area contributed by atoms with Gasteiger partial charge in [0.05, 0.1) is 25.0 Å². The number of aromatic nitrogens is 2. The van der Waals surface area contributed by atoms with Crippen LogP contribution < -0.4 is 10.6 Å². The highest BCUT2D eigenvalue weighted by Crippen LogP contribution is 2.40. The molecule has 7 heteroatoms. The van der Waals surface area contributed by atoms with Crippen molar-refractivity contribution in [3.63, 3.8) is 0 Å². The van der Waals surface area contributed by atoms with E-state index in [0.29, 0.717) is 29.8 Å². The summed E-state index contributed by atoms with van der Waals surface area (Å²) in [4.78, 5) is 20.4. The van der Waals surface area contributed by atoms with Crippen LogP contribution in [-0.2, 0) is 4.74 Å². The van der Waals surface area contributed by atoms with E-state index in [4.69, 9.17) is 5.11 Å². The summed E-state index contributed by atoms with van der Waals surface area (Å²) in [6.45, 7) is 0.427. The van der Waals surface area contributed by atoms with Gasteiger partial charge in [-0.3, -0.25) is 0 Å². The highest BCUT2D eigenvalue weighted by Gasteiger charge is 2.26. The number of esters is 1. The minimum absolute atomic E-state index is 0.0226. The van der Waals surface area contributed by atoms with Crippen LogP contribution in [0.2, 0.25) is 0 Å². The highest BCUT2D eigenvalue weighted by atomic mass is 16.5. The standard InChI is InChI=1S/C17H20N4O3/c1-24-16(23)12-4-6-13(7-5-12)19-15-10-14(11-2-3-11)20-17(21-15)18-8-9-22/h4-7,10-11,22H,2-3,8-9H2,1H3,(H2,18,19,20,21). The third kappa shape index (κ3) is 3.99. The minimum Gasteiger partial charge on any atom is -0.465 e. The van der Waals surface area contributed by atoms with Crippen LogP contribution in [0.5, 0.6) is 0 Å². The molecule has 7 nitrogen and oxygen atoms in total. The molecule has 0 amide bonds. The number of nitrogens with zero attached hydrogens (tertiary/aromatic N) is 2. The van der Waals surface area contributed by atoms with E-state index in [1.54, 1.807) is 24.3 Å². The number of methoxy groups -OCH3 is 1. The largest absolute Gasteiger partial charge is 0.465 e. The number of hydrogen-bond acceptors (Lipinski definition) is 7. The van der Waals surface area contributed by atoms with Crippen molar-refractivity contribution in [2.45, 2.75) is 18.8 Å². The first-order valence-corrected chi connectivity index (χ1v) is 7.88. The van der Waals surface area contributed by atoms with Gasteiger partial charge in [0.2, 0.25) is 5.95 Å². The molecule has 0 atom stereocenters. The highest BCUT2D eigenvalue weighted by molar-refractivity contribution is 5.89. The Bertz CT molecular complexity index is 714. The number of carbonyl (C=O) groups excluding carboxylic acids is 1. The van der Waals surface area contributed by atoms with Crippen LogP contribution in [0.1, 0.15) is 34.8 Å². The quantitative estimate of drug-likeness (QED) is 0.671. The van der Waals surface area contributed by atoms with Crippen LogP contribution in [0.3, 0.4) is 0 Å². The summed E-state index contributed by atoms with van der Waals surface area (Å²) in [5.74, 6) is 1.31. The Morgan fingerprint density at radius 3 is 2.67 bits per heavy atom. The molecule has 1 saturated carbocycles. The van der Waals surface area contributed by atoms with Crippen LogP contribution >= 0.6 is 0 Å². The molecule has 3 rings (SSSR count). The molecule has 1 aliphatic rings. The molecule has 0 spiro atoms. The van der Waals surface area contributed by atoms with Gasteiger partial charge in [-0.15, -0.1) is 0 Å². The third-order valence-electron chi connectivity index (χ3n) is 3.71. The Hall–Kier alpha value is -2.67. The van der Waals surface area contributed by atoms with Crippen LogP contribution in [-0.4, -0.2) is 41.3 Å².